The van der Waals surface area contributed by atoms with Crippen molar-refractivity contribution in [1.82, 2.24) is 5.32 Å². The summed E-state index contributed by atoms with van der Waals surface area (Å²) in [6.07, 6.45) is 7.61. The van der Waals surface area contributed by atoms with E-state index in [2.05, 4.69) is 16.6 Å². The molecule has 4 rings (SSSR count). The van der Waals surface area contributed by atoms with E-state index in [-0.39, 0.29) is 24.4 Å². The number of rotatable bonds is 8. The van der Waals surface area contributed by atoms with Gasteiger partial charge in [0.25, 0.3) is 5.91 Å². The lowest BCUT2D eigenvalue weighted by Crippen LogP contribution is -2.33. The van der Waals surface area contributed by atoms with E-state index in [0.717, 1.165) is 29.0 Å². The summed E-state index contributed by atoms with van der Waals surface area (Å²) in [5.74, 6) is 2.37. The third-order valence-corrected chi connectivity index (χ3v) is 5.82. The number of terminal acetylenes is 1. The van der Waals surface area contributed by atoms with Gasteiger partial charge in [-0.3, -0.25) is 9.59 Å². The molecular weight excluding hydrogens is 406 g/mol. The molecule has 1 heterocycles. The fraction of sp³-hybridized carbons (Fsp3) is 0.200. The van der Waals surface area contributed by atoms with Crippen LogP contribution in [0.4, 0.5) is 11.4 Å². The summed E-state index contributed by atoms with van der Waals surface area (Å²) in [6, 6.07) is 19.0. The summed E-state index contributed by atoms with van der Waals surface area (Å²) in [5, 5.41) is 7.90. The minimum absolute atomic E-state index is 0.107. The Labute approximate surface area is 186 Å². The van der Waals surface area contributed by atoms with E-state index in [4.69, 9.17) is 6.42 Å². The second-order valence-electron chi connectivity index (χ2n) is 7.51. The number of amides is 2. The number of hydrogen-bond donors (Lipinski definition) is 2. The van der Waals surface area contributed by atoms with Crippen LogP contribution in [0.5, 0.6) is 0 Å². The summed E-state index contributed by atoms with van der Waals surface area (Å²) in [5.41, 5.74) is 2.80. The number of carbonyl (C=O) groups is 2. The predicted octanol–water partition coefficient (Wildman–Crippen LogP) is 4.27. The smallest absolute Gasteiger partial charge is 0.251 e. The van der Waals surface area contributed by atoms with Crippen LogP contribution in [0.15, 0.2) is 66.0 Å². The fourth-order valence-electron chi connectivity index (χ4n) is 3.23. The van der Waals surface area contributed by atoms with Crippen LogP contribution < -0.4 is 15.5 Å². The van der Waals surface area contributed by atoms with Crippen molar-refractivity contribution in [2.45, 2.75) is 25.4 Å². The van der Waals surface area contributed by atoms with Crippen molar-refractivity contribution in [2.75, 3.05) is 16.8 Å². The monoisotopic (exact) mass is 429 g/mol. The van der Waals surface area contributed by atoms with E-state index in [1.165, 1.54) is 0 Å². The van der Waals surface area contributed by atoms with Gasteiger partial charge in [0.05, 0.1) is 13.1 Å². The summed E-state index contributed by atoms with van der Waals surface area (Å²) >= 11 is 1.64. The summed E-state index contributed by atoms with van der Waals surface area (Å²) in [7, 11) is 0. The van der Waals surface area contributed by atoms with Gasteiger partial charge in [-0.1, -0.05) is 24.1 Å². The van der Waals surface area contributed by atoms with Crippen molar-refractivity contribution in [3.05, 3.63) is 82.0 Å². The van der Waals surface area contributed by atoms with E-state index >= 15 is 0 Å². The lowest BCUT2D eigenvalue weighted by molar-refractivity contribution is -0.115. The van der Waals surface area contributed by atoms with Gasteiger partial charge in [-0.15, -0.1) is 17.8 Å². The zero-order valence-corrected chi connectivity index (χ0v) is 17.8. The highest BCUT2D eigenvalue weighted by molar-refractivity contribution is 7.09. The number of nitrogens with zero attached hydrogens (tertiary/aromatic N) is 1. The molecule has 0 radical (unpaired) electrons. The first-order chi connectivity index (χ1) is 15.1. The molecule has 1 fully saturated rings. The average molecular weight is 430 g/mol. The van der Waals surface area contributed by atoms with E-state index in [9.17, 15) is 9.59 Å². The second-order valence-corrected chi connectivity index (χ2v) is 8.54. The second kappa shape index (κ2) is 9.50. The van der Waals surface area contributed by atoms with Gasteiger partial charge >= 0.3 is 0 Å². The zero-order valence-electron chi connectivity index (χ0n) is 17.0. The molecule has 0 saturated heterocycles. The first kappa shape index (κ1) is 20.7. The lowest BCUT2D eigenvalue weighted by atomic mass is 10.1. The molecule has 1 saturated carbocycles. The summed E-state index contributed by atoms with van der Waals surface area (Å²) in [4.78, 5) is 28.3. The number of nitrogens with one attached hydrogen (secondary N) is 2. The van der Waals surface area contributed by atoms with Gasteiger partial charge in [-0.05, 0) is 60.7 Å². The molecule has 2 aromatic carbocycles. The van der Waals surface area contributed by atoms with Crippen molar-refractivity contribution >= 4 is 34.5 Å². The van der Waals surface area contributed by atoms with Gasteiger partial charge in [0, 0.05) is 33.4 Å². The Kier molecular flexibility index (Phi) is 6.34. The molecule has 1 aliphatic rings. The highest BCUT2D eigenvalue weighted by Gasteiger charge is 2.24. The maximum Gasteiger partial charge on any atom is 0.251 e. The SMILES string of the molecule is C#Cc1cccc(N(CC(=O)Nc2cccc(C(=O)NC3CC3)c2)Cc2cccs2)c1. The third kappa shape index (κ3) is 5.74. The quantitative estimate of drug-likeness (QED) is 0.526. The van der Waals surface area contributed by atoms with E-state index in [1.807, 2.05) is 46.7 Å². The number of anilines is 2. The topological polar surface area (TPSA) is 61.4 Å². The van der Waals surface area contributed by atoms with Crippen LogP contribution in [-0.2, 0) is 11.3 Å². The highest BCUT2D eigenvalue weighted by Crippen LogP contribution is 2.22. The molecule has 0 unspecified atom stereocenters. The van der Waals surface area contributed by atoms with Crippen LogP contribution in [0.3, 0.4) is 0 Å². The first-order valence-electron chi connectivity index (χ1n) is 10.2. The molecule has 6 heteroatoms. The Balaban J connectivity index is 1.47. The molecule has 31 heavy (non-hydrogen) atoms. The normalized spacial score (nSPS) is 12.6. The Bertz CT molecular complexity index is 1110. The minimum atomic E-state index is -0.164. The standard InChI is InChI=1S/C25H23N3O2S/c1-2-18-6-3-9-22(14-18)28(16-23-10-5-13-31-23)17-24(29)26-21-8-4-7-19(15-21)25(30)27-20-11-12-20/h1,3-10,13-15,20H,11-12,16-17H2,(H,26,29)(H,27,30). The van der Waals surface area contributed by atoms with Crippen molar-refractivity contribution in [2.24, 2.45) is 0 Å². The van der Waals surface area contributed by atoms with Gasteiger partial charge < -0.3 is 15.5 Å². The number of hydrogen-bond acceptors (Lipinski definition) is 4. The molecule has 0 aliphatic heterocycles. The van der Waals surface area contributed by atoms with Gasteiger partial charge in [0.2, 0.25) is 5.91 Å². The van der Waals surface area contributed by atoms with Crippen molar-refractivity contribution in [3.8, 4) is 12.3 Å². The Morgan fingerprint density at radius 3 is 2.68 bits per heavy atom. The highest BCUT2D eigenvalue weighted by atomic mass is 32.1. The van der Waals surface area contributed by atoms with Crippen LogP contribution in [-0.4, -0.2) is 24.4 Å². The Morgan fingerprint density at radius 1 is 1.10 bits per heavy atom. The van der Waals surface area contributed by atoms with Gasteiger partial charge in [-0.25, -0.2) is 0 Å². The van der Waals surface area contributed by atoms with Crippen LogP contribution in [0.2, 0.25) is 0 Å². The summed E-state index contributed by atoms with van der Waals surface area (Å²) in [6.45, 7) is 0.757. The first-order valence-corrected chi connectivity index (χ1v) is 11.0. The van der Waals surface area contributed by atoms with E-state index < -0.39 is 0 Å². The van der Waals surface area contributed by atoms with Crippen LogP contribution in [0.25, 0.3) is 0 Å². The molecule has 0 bridgehead atoms. The van der Waals surface area contributed by atoms with Crippen molar-refractivity contribution in [1.29, 1.82) is 0 Å². The van der Waals surface area contributed by atoms with Crippen molar-refractivity contribution < 1.29 is 9.59 Å². The predicted molar refractivity (Wildman–Crippen MR) is 125 cm³/mol. The fourth-order valence-corrected chi connectivity index (χ4v) is 3.95. The third-order valence-electron chi connectivity index (χ3n) is 4.96. The molecular formula is C25H23N3O2S. The molecule has 0 atom stereocenters. The van der Waals surface area contributed by atoms with Crippen LogP contribution >= 0.6 is 11.3 Å². The van der Waals surface area contributed by atoms with Gasteiger partial charge in [0.1, 0.15) is 0 Å². The zero-order chi connectivity index (χ0) is 21.6. The molecule has 2 N–H and O–H groups in total. The lowest BCUT2D eigenvalue weighted by Gasteiger charge is -2.24. The molecule has 156 valence electrons. The molecule has 3 aromatic rings. The molecule has 1 aliphatic carbocycles. The maximum absolute atomic E-state index is 12.9. The maximum atomic E-state index is 12.9. The van der Waals surface area contributed by atoms with Crippen molar-refractivity contribution in [3.63, 3.8) is 0 Å². The Morgan fingerprint density at radius 2 is 1.94 bits per heavy atom. The van der Waals surface area contributed by atoms with E-state index in [0.29, 0.717) is 17.8 Å². The minimum Gasteiger partial charge on any atom is -0.357 e. The number of benzene rings is 2. The van der Waals surface area contributed by atoms with Crippen LogP contribution in [0.1, 0.15) is 33.6 Å². The average Bonchev–Trinajstić information content (AvgIpc) is 3.45. The molecule has 1 aromatic heterocycles. The molecule has 5 nitrogen and oxygen atoms in total. The number of thiophene rings is 1. The van der Waals surface area contributed by atoms with E-state index in [1.54, 1.807) is 35.6 Å². The van der Waals surface area contributed by atoms with Gasteiger partial charge in [-0.2, -0.15) is 0 Å². The van der Waals surface area contributed by atoms with Gasteiger partial charge in [0.15, 0.2) is 0 Å². The number of carbonyl (C=O) groups excluding carboxylic acids is 2. The summed E-state index contributed by atoms with van der Waals surface area (Å²) < 4.78 is 0. The molecule has 2 amide bonds. The molecule has 0 spiro atoms. The van der Waals surface area contributed by atoms with Crippen LogP contribution in [0, 0.1) is 12.3 Å². The Hall–Kier alpha value is -3.56. The largest absolute Gasteiger partial charge is 0.357 e.